The van der Waals surface area contributed by atoms with Crippen LogP contribution in [0.2, 0.25) is 0 Å². The number of thiocarbonyl (C=S) groups is 1. The molecule has 0 bridgehead atoms. The Morgan fingerprint density at radius 3 is 2.40 bits per heavy atom. The number of ether oxygens (including phenoxy) is 2. The number of benzene rings is 2. The summed E-state index contributed by atoms with van der Waals surface area (Å²) >= 11 is 4.84. The van der Waals surface area contributed by atoms with Gasteiger partial charge in [-0.2, -0.15) is 0 Å². The maximum Gasteiger partial charge on any atom is 0.263 e. The second kappa shape index (κ2) is 9.84. The van der Waals surface area contributed by atoms with Gasteiger partial charge in [-0.25, -0.2) is 0 Å². The average Bonchev–Trinajstić information content (AvgIpc) is 2.71. The largest absolute Gasteiger partial charge is 0.490 e. The molecular formula is C23H22N2O4S. The van der Waals surface area contributed by atoms with E-state index in [0.717, 1.165) is 11.1 Å². The number of carbonyl (C=O) groups excluding carboxylic acids is 2. The minimum atomic E-state index is -0.545. The molecule has 0 atom stereocenters. The summed E-state index contributed by atoms with van der Waals surface area (Å²) in [6.07, 6.45) is 3.79. The quantitative estimate of drug-likeness (QED) is 0.295. The van der Waals surface area contributed by atoms with E-state index in [-0.39, 0.29) is 10.7 Å². The van der Waals surface area contributed by atoms with Gasteiger partial charge in [0.2, 0.25) is 0 Å². The van der Waals surface area contributed by atoms with Gasteiger partial charge in [-0.3, -0.25) is 20.2 Å². The zero-order valence-electron chi connectivity index (χ0n) is 16.6. The maximum absolute atomic E-state index is 12.2. The fourth-order valence-corrected chi connectivity index (χ4v) is 3.19. The van der Waals surface area contributed by atoms with E-state index in [2.05, 4.69) is 17.2 Å². The standard InChI is InChI=1S/C23H22N2O4S/c1-3-8-17-11-16(12-18-21(26)24-23(30)25-22(18)27)13-19(28-4-2)20(17)29-14-15-9-6-5-7-10-15/h3,5-7,9-13H,1,4,8,14H2,2H3,(H2,24,25,26,27,30). The molecule has 0 spiro atoms. The highest BCUT2D eigenvalue weighted by Gasteiger charge is 2.26. The highest BCUT2D eigenvalue weighted by molar-refractivity contribution is 7.80. The van der Waals surface area contributed by atoms with Crippen molar-refractivity contribution in [1.82, 2.24) is 10.6 Å². The number of allylic oxidation sites excluding steroid dienone is 1. The van der Waals surface area contributed by atoms with Crippen molar-refractivity contribution in [2.24, 2.45) is 0 Å². The van der Waals surface area contributed by atoms with E-state index in [1.54, 1.807) is 12.1 Å². The number of carbonyl (C=O) groups is 2. The molecule has 2 N–H and O–H groups in total. The zero-order chi connectivity index (χ0) is 21.5. The molecule has 1 aliphatic heterocycles. The maximum atomic E-state index is 12.2. The Labute approximate surface area is 180 Å². The van der Waals surface area contributed by atoms with Crippen LogP contribution < -0.4 is 20.1 Å². The third-order valence-electron chi connectivity index (χ3n) is 4.30. The van der Waals surface area contributed by atoms with Crippen molar-refractivity contribution >= 4 is 35.2 Å². The SMILES string of the molecule is C=CCc1cc(C=C2C(=O)NC(=S)NC2=O)cc(OCC)c1OCc1ccccc1. The minimum absolute atomic E-state index is 0.00541. The van der Waals surface area contributed by atoms with Gasteiger partial charge >= 0.3 is 0 Å². The van der Waals surface area contributed by atoms with E-state index in [1.165, 1.54) is 6.08 Å². The van der Waals surface area contributed by atoms with Gasteiger partial charge in [0.15, 0.2) is 16.6 Å². The molecular weight excluding hydrogens is 400 g/mol. The second-order valence-electron chi connectivity index (χ2n) is 6.50. The van der Waals surface area contributed by atoms with Gasteiger partial charge in [-0.1, -0.05) is 36.4 Å². The highest BCUT2D eigenvalue weighted by Crippen LogP contribution is 2.35. The minimum Gasteiger partial charge on any atom is -0.490 e. The number of hydrogen-bond donors (Lipinski definition) is 2. The molecule has 154 valence electrons. The van der Waals surface area contributed by atoms with Crippen LogP contribution in [0.25, 0.3) is 6.08 Å². The van der Waals surface area contributed by atoms with Crippen LogP contribution in [-0.4, -0.2) is 23.5 Å². The third kappa shape index (κ3) is 5.12. The summed E-state index contributed by atoms with van der Waals surface area (Å²) in [6, 6.07) is 13.4. The number of nitrogens with one attached hydrogen (secondary N) is 2. The molecule has 7 heteroatoms. The van der Waals surface area contributed by atoms with Crippen LogP contribution in [0.5, 0.6) is 11.5 Å². The number of amides is 2. The molecule has 0 radical (unpaired) electrons. The monoisotopic (exact) mass is 422 g/mol. The molecule has 1 heterocycles. The molecule has 30 heavy (non-hydrogen) atoms. The van der Waals surface area contributed by atoms with Crippen LogP contribution in [0.4, 0.5) is 0 Å². The Bertz CT molecular complexity index is 993. The van der Waals surface area contributed by atoms with Crippen LogP contribution in [-0.2, 0) is 22.6 Å². The van der Waals surface area contributed by atoms with E-state index >= 15 is 0 Å². The highest BCUT2D eigenvalue weighted by atomic mass is 32.1. The molecule has 6 nitrogen and oxygen atoms in total. The lowest BCUT2D eigenvalue weighted by atomic mass is 10.0. The van der Waals surface area contributed by atoms with E-state index in [1.807, 2.05) is 43.3 Å². The van der Waals surface area contributed by atoms with E-state index in [9.17, 15) is 9.59 Å². The predicted molar refractivity (Wildman–Crippen MR) is 119 cm³/mol. The van der Waals surface area contributed by atoms with Gasteiger partial charge in [-0.15, -0.1) is 6.58 Å². The van der Waals surface area contributed by atoms with Crippen molar-refractivity contribution in [3.8, 4) is 11.5 Å². The van der Waals surface area contributed by atoms with Crippen molar-refractivity contribution in [1.29, 1.82) is 0 Å². The smallest absolute Gasteiger partial charge is 0.263 e. The molecule has 2 amide bonds. The molecule has 0 saturated carbocycles. The average molecular weight is 423 g/mol. The number of hydrogen-bond acceptors (Lipinski definition) is 5. The van der Waals surface area contributed by atoms with Gasteiger partial charge in [0.25, 0.3) is 11.8 Å². The summed E-state index contributed by atoms with van der Waals surface area (Å²) in [6.45, 7) is 6.51. The summed E-state index contributed by atoms with van der Waals surface area (Å²) in [7, 11) is 0. The molecule has 0 aliphatic carbocycles. The topological polar surface area (TPSA) is 76.7 Å². The molecule has 3 rings (SSSR count). The molecule has 0 unspecified atom stereocenters. The lowest BCUT2D eigenvalue weighted by Gasteiger charge is -2.18. The van der Waals surface area contributed by atoms with Crippen LogP contribution in [0.1, 0.15) is 23.6 Å². The van der Waals surface area contributed by atoms with Gasteiger partial charge < -0.3 is 9.47 Å². The Morgan fingerprint density at radius 2 is 1.77 bits per heavy atom. The molecule has 0 aromatic heterocycles. The fourth-order valence-electron chi connectivity index (χ4n) is 3.00. The first-order valence-electron chi connectivity index (χ1n) is 9.47. The van der Waals surface area contributed by atoms with Crippen molar-refractivity contribution in [3.63, 3.8) is 0 Å². The predicted octanol–water partition coefficient (Wildman–Crippen LogP) is 3.31. The van der Waals surface area contributed by atoms with Crippen molar-refractivity contribution < 1.29 is 19.1 Å². The van der Waals surface area contributed by atoms with Crippen LogP contribution in [0, 0.1) is 0 Å². The van der Waals surface area contributed by atoms with Gasteiger partial charge in [0.1, 0.15) is 12.2 Å². The molecule has 2 aromatic carbocycles. The first kappa shape index (κ1) is 21.3. The number of rotatable bonds is 8. The van der Waals surface area contributed by atoms with Crippen LogP contribution in [0.15, 0.2) is 60.7 Å². The normalized spacial score (nSPS) is 13.4. The Kier molecular flexibility index (Phi) is 6.98. The zero-order valence-corrected chi connectivity index (χ0v) is 17.4. The fraction of sp³-hybridized carbons (Fsp3) is 0.174. The van der Waals surface area contributed by atoms with Gasteiger partial charge in [-0.05, 0) is 54.9 Å². The Hall–Kier alpha value is -3.45. The summed E-state index contributed by atoms with van der Waals surface area (Å²) in [4.78, 5) is 24.3. The third-order valence-corrected chi connectivity index (χ3v) is 4.50. The Morgan fingerprint density at radius 1 is 1.07 bits per heavy atom. The second-order valence-corrected chi connectivity index (χ2v) is 6.91. The Balaban J connectivity index is 1.98. The van der Waals surface area contributed by atoms with Gasteiger partial charge in [0, 0.05) is 5.56 Å². The van der Waals surface area contributed by atoms with Crippen LogP contribution in [0.3, 0.4) is 0 Å². The lowest BCUT2D eigenvalue weighted by molar-refractivity contribution is -0.123. The summed E-state index contributed by atoms with van der Waals surface area (Å²) < 4.78 is 11.9. The van der Waals surface area contributed by atoms with Crippen molar-refractivity contribution in [3.05, 3.63) is 77.4 Å². The van der Waals surface area contributed by atoms with Crippen molar-refractivity contribution in [2.75, 3.05) is 6.61 Å². The van der Waals surface area contributed by atoms with Crippen molar-refractivity contribution in [2.45, 2.75) is 20.0 Å². The van der Waals surface area contributed by atoms with E-state index in [0.29, 0.717) is 36.7 Å². The molecule has 1 saturated heterocycles. The summed E-state index contributed by atoms with van der Waals surface area (Å²) in [5, 5.41) is 4.85. The van der Waals surface area contributed by atoms with E-state index < -0.39 is 11.8 Å². The first-order valence-corrected chi connectivity index (χ1v) is 9.88. The first-order chi connectivity index (χ1) is 14.5. The van der Waals surface area contributed by atoms with Crippen LogP contribution >= 0.6 is 12.2 Å². The van der Waals surface area contributed by atoms with E-state index in [4.69, 9.17) is 21.7 Å². The summed E-state index contributed by atoms with van der Waals surface area (Å²) in [5.74, 6) is 0.0565. The molecule has 1 fully saturated rings. The molecule has 1 aliphatic rings. The molecule has 2 aromatic rings. The lowest BCUT2D eigenvalue weighted by Crippen LogP contribution is -2.51. The van der Waals surface area contributed by atoms with Gasteiger partial charge in [0.05, 0.1) is 6.61 Å². The summed E-state index contributed by atoms with van der Waals surface area (Å²) in [5.41, 5.74) is 2.47.